The molecule has 0 amide bonds. The quantitative estimate of drug-likeness (QED) is 0.743. The minimum absolute atomic E-state index is 0.464. The normalized spacial score (nSPS) is 28.2. The summed E-state index contributed by atoms with van der Waals surface area (Å²) in [7, 11) is 0. The topological polar surface area (TPSA) is 20.2 Å². The van der Waals surface area contributed by atoms with E-state index in [0.29, 0.717) is 6.08 Å². The Hall–Kier alpha value is -0.980. The maximum Gasteiger partial charge on any atom is 0.425 e. The van der Waals surface area contributed by atoms with Crippen molar-refractivity contribution in [2.45, 2.75) is 30.3 Å². The van der Waals surface area contributed by atoms with E-state index in [-0.39, 0.29) is 0 Å². The molecule has 2 unspecified atom stereocenters. The Morgan fingerprint density at radius 3 is 2.06 bits per heavy atom. The third kappa shape index (κ3) is 2.09. The van der Waals surface area contributed by atoms with Crippen LogP contribution in [0.3, 0.4) is 0 Å². The SMILES string of the molecule is OC1(C(F)(F)C(F)C(F)(F)F)C=CC=CC1. The van der Waals surface area contributed by atoms with Gasteiger partial charge in [-0.15, -0.1) is 0 Å². The van der Waals surface area contributed by atoms with Crippen molar-refractivity contribution >= 4 is 0 Å². The monoisotopic (exact) mass is 246 g/mol. The molecule has 0 saturated carbocycles. The van der Waals surface area contributed by atoms with Gasteiger partial charge in [0.05, 0.1) is 0 Å². The molecule has 1 aliphatic rings. The zero-order valence-corrected chi connectivity index (χ0v) is 7.81. The second kappa shape index (κ2) is 3.80. The molecule has 7 heteroatoms. The van der Waals surface area contributed by atoms with E-state index in [1.807, 2.05) is 0 Å². The molecule has 0 aromatic rings. The molecule has 0 heterocycles. The highest BCUT2D eigenvalue weighted by Gasteiger charge is 2.65. The van der Waals surface area contributed by atoms with Gasteiger partial charge in [-0.2, -0.15) is 22.0 Å². The molecule has 16 heavy (non-hydrogen) atoms. The molecular weight excluding hydrogens is 238 g/mol. The predicted molar refractivity (Wildman–Crippen MR) is 43.7 cm³/mol. The van der Waals surface area contributed by atoms with Gasteiger partial charge in [-0.05, 0) is 6.08 Å². The fourth-order valence-electron chi connectivity index (χ4n) is 1.28. The van der Waals surface area contributed by atoms with Crippen LogP contribution < -0.4 is 0 Å². The first-order chi connectivity index (χ1) is 7.11. The standard InChI is InChI=1S/C9H8F6O/c10-6(9(13,14)15)8(11,12)7(16)4-2-1-3-5-7/h1-4,6,16H,5H2. The number of rotatable bonds is 2. The van der Waals surface area contributed by atoms with E-state index in [0.717, 1.165) is 12.2 Å². The van der Waals surface area contributed by atoms with Gasteiger partial charge >= 0.3 is 12.1 Å². The Bertz CT molecular complexity index is 318. The molecule has 0 fully saturated rings. The number of halogens is 6. The summed E-state index contributed by atoms with van der Waals surface area (Å²) in [4.78, 5) is 0. The maximum absolute atomic E-state index is 13.2. The summed E-state index contributed by atoms with van der Waals surface area (Å²) in [6.45, 7) is 0. The van der Waals surface area contributed by atoms with Gasteiger partial charge in [0.25, 0.3) is 6.17 Å². The summed E-state index contributed by atoms with van der Waals surface area (Å²) in [6, 6.07) is 0. The van der Waals surface area contributed by atoms with Gasteiger partial charge in [0.1, 0.15) is 0 Å². The largest absolute Gasteiger partial charge is 0.425 e. The molecule has 0 spiro atoms. The van der Waals surface area contributed by atoms with Crippen LogP contribution in [0.2, 0.25) is 0 Å². The Kier molecular flexibility index (Phi) is 3.11. The van der Waals surface area contributed by atoms with Gasteiger partial charge in [-0.1, -0.05) is 18.2 Å². The third-order valence-electron chi connectivity index (χ3n) is 2.23. The van der Waals surface area contributed by atoms with Crippen molar-refractivity contribution in [3.63, 3.8) is 0 Å². The average Bonchev–Trinajstić information content (AvgIpc) is 2.16. The minimum atomic E-state index is -5.71. The fourth-order valence-corrected chi connectivity index (χ4v) is 1.28. The van der Waals surface area contributed by atoms with Crippen molar-refractivity contribution in [1.29, 1.82) is 0 Å². The van der Waals surface area contributed by atoms with Crippen LogP contribution in [-0.2, 0) is 0 Å². The van der Waals surface area contributed by atoms with Crippen LogP contribution in [0, 0.1) is 0 Å². The van der Waals surface area contributed by atoms with Crippen molar-refractivity contribution in [2.75, 3.05) is 0 Å². The van der Waals surface area contributed by atoms with Gasteiger partial charge in [0.2, 0.25) is 0 Å². The van der Waals surface area contributed by atoms with Crippen molar-refractivity contribution in [2.24, 2.45) is 0 Å². The molecule has 0 aromatic carbocycles. The maximum atomic E-state index is 13.2. The Morgan fingerprint density at radius 2 is 1.69 bits per heavy atom. The van der Waals surface area contributed by atoms with E-state index in [1.165, 1.54) is 6.08 Å². The number of alkyl halides is 6. The predicted octanol–water partition coefficient (Wildman–Crippen LogP) is 2.77. The molecule has 1 aliphatic carbocycles. The van der Waals surface area contributed by atoms with Crippen LogP contribution in [-0.4, -0.2) is 29.0 Å². The second-order valence-corrected chi connectivity index (χ2v) is 3.44. The van der Waals surface area contributed by atoms with Crippen LogP contribution in [0.1, 0.15) is 6.42 Å². The van der Waals surface area contributed by atoms with Gasteiger partial charge < -0.3 is 5.11 Å². The first kappa shape index (κ1) is 13.1. The lowest BCUT2D eigenvalue weighted by atomic mass is 9.86. The van der Waals surface area contributed by atoms with Crippen LogP contribution in [0.4, 0.5) is 26.3 Å². The molecule has 2 atom stereocenters. The summed E-state index contributed by atoms with van der Waals surface area (Å²) in [5, 5.41) is 9.30. The van der Waals surface area contributed by atoms with Crippen LogP contribution in [0.25, 0.3) is 0 Å². The van der Waals surface area contributed by atoms with Gasteiger partial charge in [0.15, 0.2) is 5.60 Å². The van der Waals surface area contributed by atoms with E-state index in [2.05, 4.69) is 0 Å². The lowest BCUT2D eigenvalue weighted by Gasteiger charge is -2.36. The molecule has 1 N–H and O–H groups in total. The van der Waals surface area contributed by atoms with Crippen LogP contribution >= 0.6 is 0 Å². The van der Waals surface area contributed by atoms with E-state index < -0.39 is 30.3 Å². The van der Waals surface area contributed by atoms with Crippen molar-refractivity contribution in [1.82, 2.24) is 0 Å². The number of hydrogen-bond acceptors (Lipinski definition) is 1. The zero-order chi connectivity index (χ0) is 12.6. The van der Waals surface area contributed by atoms with Crippen LogP contribution in [0.15, 0.2) is 24.3 Å². The lowest BCUT2D eigenvalue weighted by molar-refractivity contribution is -0.282. The molecule has 0 radical (unpaired) electrons. The molecule has 92 valence electrons. The Labute approximate surface area is 87.1 Å². The van der Waals surface area contributed by atoms with Crippen molar-refractivity contribution in [3.8, 4) is 0 Å². The number of aliphatic hydroxyl groups is 1. The van der Waals surface area contributed by atoms with E-state index >= 15 is 0 Å². The van der Waals surface area contributed by atoms with Gasteiger partial charge in [0, 0.05) is 6.42 Å². The lowest BCUT2D eigenvalue weighted by Crippen LogP contribution is -2.57. The van der Waals surface area contributed by atoms with Gasteiger partial charge in [-0.3, -0.25) is 0 Å². The summed E-state index contributed by atoms with van der Waals surface area (Å²) in [5.41, 5.74) is -3.14. The van der Waals surface area contributed by atoms with E-state index in [9.17, 15) is 31.4 Å². The highest BCUT2D eigenvalue weighted by molar-refractivity contribution is 5.23. The second-order valence-electron chi connectivity index (χ2n) is 3.44. The highest BCUT2D eigenvalue weighted by Crippen LogP contribution is 2.44. The molecule has 1 nitrogen and oxygen atoms in total. The fraction of sp³-hybridized carbons (Fsp3) is 0.556. The van der Waals surface area contributed by atoms with E-state index in [4.69, 9.17) is 0 Å². The van der Waals surface area contributed by atoms with Crippen molar-refractivity contribution < 1.29 is 31.4 Å². The molecular formula is C9H8F6O. The van der Waals surface area contributed by atoms with Crippen molar-refractivity contribution in [3.05, 3.63) is 24.3 Å². The smallest absolute Gasteiger partial charge is 0.379 e. The average molecular weight is 246 g/mol. The first-order valence-electron chi connectivity index (χ1n) is 4.26. The molecule has 0 aliphatic heterocycles. The Morgan fingerprint density at radius 1 is 1.12 bits per heavy atom. The number of allylic oxidation sites excluding steroid dienone is 2. The van der Waals surface area contributed by atoms with E-state index in [1.54, 1.807) is 0 Å². The summed E-state index contributed by atoms with van der Waals surface area (Å²) >= 11 is 0. The molecule has 0 bridgehead atoms. The molecule has 0 aromatic heterocycles. The van der Waals surface area contributed by atoms with Crippen LogP contribution in [0.5, 0.6) is 0 Å². The summed E-state index contributed by atoms with van der Waals surface area (Å²) in [5.74, 6) is -4.92. The Balaban J connectivity index is 3.01. The third-order valence-corrected chi connectivity index (χ3v) is 2.23. The highest BCUT2D eigenvalue weighted by atomic mass is 19.4. The first-order valence-corrected chi connectivity index (χ1v) is 4.26. The zero-order valence-electron chi connectivity index (χ0n) is 7.81. The number of hydrogen-bond donors (Lipinski definition) is 1. The minimum Gasteiger partial charge on any atom is -0.379 e. The van der Waals surface area contributed by atoms with Gasteiger partial charge in [-0.25, -0.2) is 4.39 Å². The molecule has 0 saturated heterocycles. The summed E-state index contributed by atoms with van der Waals surface area (Å²) in [6.07, 6.45) is -7.17. The molecule has 1 rings (SSSR count). The summed E-state index contributed by atoms with van der Waals surface area (Å²) < 4.78 is 74.5.